The quantitative estimate of drug-likeness (QED) is 0.533. The molecular weight excluding hydrogens is 454 g/mol. The van der Waals surface area contributed by atoms with Gasteiger partial charge in [-0.3, -0.25) is 9.59 Å². The maximum Gasteiger partial charge on any atom is 0.245 e. The minimum atomic E-state index is -0.438. The molecule has 0 unspecified atom stereocenters. The number of hydrogen-bond acceptors (Lipinski definition) is 2. The zero-order valence-electron chi connectivity index (χ0n) is 15.8. The van der Waals surface area contributed by atoms with E-state index < -0.39 is 5.92 Å². The Labute approximate surface area is 191 Å². The smallest absolute Gasteiger partial charge is 0.245 e. The molecule has 0 radical (unpaired) electrons. The van der Waals surface area contributed by atoms with Gasteiger partial charge in [0.25, 0.3) is 0 Å². The van der Waals surface area contributed by atoms with Crippen LogP contribution in [-0.4, -0.2) is 47.8 Å². The van der Waals surface area contributed by atoms with Gasteiger partial charge in [-0.25, -0.2) is 0 Å². The first-order valence-electron chi connectivity index (χ1n) is 9.41. The highest BCUT2D eigenvalue weighted by molar-refractivity contribution is 6.55. The van der Waals surface area contributed by atoms with Gasteiger partial charge >= 0.3 is 0 Å². The van der Waals surface area contributed by atoms with E-state index in [1.807, 2.05) is 11.0 Å². The van der Waals surface area contributed by atoms with Crippen molar-refractivity contribution in [2.24, 2.45) is 5.41 Å². The van der Waals surface area contributed by atoms with Crippen molar-refractivity contribution < 1.29 is 9.59 Å². The second kappa shape index (κ2) is 9.30. The molecule has 1 atom stereocenters. The van der Waals surface area contributed by atoms with Crippen LogP contribution in [0.2, 0.25) is 10.0 Å². The summed E-state index contributed by atoms with van der Waals surface area (Å²) in [5, 5.41) is 0.845. The topological polar surface area (TPSA) is 40.6 Å². The summed E-state index contributed by atoms with van der Waals surface area (Å²) in [6, 6.07) is 5.22. The van der Waals surface area contributed by atoms with E-state index in [9.17, 15) is 9.59 Å². The molecule has 2 saturated heterocycles. The van der Waals surface area contributed by atoms with Crippen LogP contribution < -0.4 is 0 Å². The van der Waals surface area contributed by atoms with Gasteiger partial charge in [0.2, 0.25) is 11.8 Å². The fraction of sp³-hybridized carbons (Fsp3) is 0.429. The van der Waals surface area contributed by atoms with Crippen LogP contribution in [0.15, 0.2) is 41.4 Å². The molecule has 4 nitrogen and oxygen atoms in total. The van der Waals surface area contributed by atoms with Crippen LogP contribution in [0.25, 0.3) is 0 Å². The number of likely N-dealkylation sites (tertiary alicyclic amines) is 2. The number of hydrogen-bond donors (Lipinski definition) is 0. The van der Waals surface area contributed by atoms with Gasteiger partial charge in [-0.2, -0.15) is 0 Å². The minimum Gasteiger partial charge on any atom is -0.342 e. The lowest BCUT2D eigenvalue weighted by molar-refractivity contribution is -0.146. The minimum absolute atomic E-state index is 0.0161. The zero-order valence-corrected chi connectivity index (χ0v) is 18.9. The average molecular weight is 476 g/mol. The number of nitrogens with zero attached hydrogens (tertiary/aromatic N) is 2. The van der Waals surface area contributed by atoms with Gasteiger partial charge in [0.1, 0.15) is 4.49 Å². The van der Waals surface area contributed by atoms with Gasteiger partial charge in [-0.15, -0.1) is 0 Å². The Morgan fingerprint density at radius 3 is 2.31 bits per heavy atom. The summed E-state index contributed by atoms with van der Waals surface area (Å²) in [5.41, 5.74) is 0.898. The summed E-state index contributed by atoms with van der Waals surface area (Å²) < 4.78 is 0.127. The number of amides is 2. The predicted octanol–water partition coefficient (Wildman–Crippen LogP) is 5.42. The van der Waals surface area contributed by atoms with Crippen molar-refractivity contribution >= 4 is 58.2 Å². The Morgan fingerprint density at radius 2 is 1.76 bits per heavy atom. The Bertz CT molecular complexity index is 835. The summed E-state index contributed by atoms with van der Waals surface area (Å²) in [6.07, 6.45) is 5.11. The van der Waals surface area contributed by atoms with Gasteiger partial charge < -0.3 is 9.80 Å². The lowest BCUT2D eigenvalue weighted by Crippen LogP contribution is -2.62. The van der Waals surface area contributed by atoms with Crippen LogP contribution in [0.5, 0.6) is 0 Å². The summed E-state index contributed by atoms with van der Waals surface area (Å²) in [6.45, 7) is 6.33. The summed E-state index contributed by atoms with van der Waals surface area (Å²) in [5.74, 6) is -0.451. The van der Waals surface area contributed by atoms with Crippen LogP contribution in [0, 0.1) is 5.41 Å². The molecule has 2 heterocycles. The Hall–Kier alpha value is -1.20. The number of halogens is 4. The molecule has 2 amide bonds. The second-order valence-electron chi connectivity index (χ2n) is 7.68. The first kappa shape index (κ1) is 22.5. The van der Waals surface area contributed by atoms with Crippen molar-refractivity contribution in [1.82, 2.24) is 9.80 Å². The number of allylic oxidation sites excluding steroid dienone is 1. The SMILES string of the molecule is C=CC(=O)N1CC2(CCN(C(=O)[C@@H](CC=C(Cl)Cl)c3ccc(Cl)c(Cl)c3)CC2)C1. The molecule has 8 heteroatoms. The van der Waals surface area contributed by atoms with E-state index in [1.54, 1.807) is 23.1 Å². The standard InChI is InChI=1S/C21H22Cl4N2O2/c1-2-19(28)27-12-21(13-27)7-9-26(10-8-21)20(29)15(4-6-18(24)25)14-3-5-16(22)17(23)11-14/h2-3,5-6,11,15H,1,4,7-10,12-13H2/t15-/m0/s1. The van der Waals surface area contributed by atoms with E-state index in [2.05, 4.69) is 6.58 Å². The number of piperidine rings is 1. The molecule has 2 fully saturated rings. The van der Waals surface area contributed by atoms with Gasteiger partial charge in [0.05, 0.1) is 16.0 Å². The van der Waals surface area contributed by atoms with E-state index in [-0.39, 0.29) is 21.7 Å². The fourth-order valence-corrected chi connectivity index (χ4v) is 4.59. The molecule has 29 heavy (non-hydrogen) atoms. The molecule has 2 aliphatic rings. The van der Waals surface area contributed by atoms with Crippen LogP contribution in [0.1, 0.15) is 30.7 Å². The lowest BCUT2D eigenvalue weighted by atomic mass is 9.71. The van der Waals surface area contributed by atoms with E-state index in [0.717, 1.165) is 31.5 Å². The first-order valence-corrected chi connectivity index (χ1v) is 10.9. The van der Waals surface area contributed by atoms with E-state index in [1.165, 1.54) is 6.08 Å². The van der Waals surface area contributed by atoms with Crippen LogP contribution in [0.3, 0.4) is 0 Å². The van der Waals surface area contributed by atoms with Crippen LogP contribution in [0.4, 0.5) is 0 Å². The third-order valence-electron chi connectivity index (χ3n) is 5.83. The average Bonchev–Trinajstić information content (AvgIpc) is 2.68. The molecule has 0 N–H and O–H groups in total. The molecule has 1 aromatic carbocycles. The maximum absolute atomic E-state index is 13.3. The van der Waals surface area contributed by atoms with Crippen LogP contribution >= 0.6 is 46.4 Å². The Morgan fingerprint density at radius 1 is 1.10 bits per heavy atom. The number of rotatable bonds is 5. The number of carbonyl (C=O) groups excluding carboxylic acids is 2. The molecule has 1 aromatic rings. The molecule has 1 spiro atoms. The first-order chi connectivity index (χ1) is 13.7. The zero-order chi connectivity index (χ0) is 21.2. The fourth-order valence-electron chi connectivity index (χ4n) is 4.10. The third-order valence-corrected chi connectivity index (χ3v) is 6.87. The van der Waals surface area contributed by atoms with E-state index >= 15 is 0 Å². The predicted molar refractivity (Wildman–Crippen MR) is 119 cm³/mol. The van der Waals surface area contributed by atoms with Crippen molar-refractivity contribution in [3.8, 4) is 0 Å². The van der Waals surface area contributed by atoms with Crippen molar-refractivity contribution in [2.75, 3.05) is 26.2 Å². The highest BCUT2D eigenvalue weighted by Gasteiger charge is 2.47. The summed E-state index contributed by atoms with van der Waals surface area (Å²) in [4.78, 5) is 28.7. The molecule has 0 aliphatic carbocycles. The Balaban J connectivity index is 1.69. The molecule has 3 rings (SSSR count). The maximum atomic E-state index is 13.3. The van der Waals surface area contributed by atoms with Crippen molar-refractivity contribution in [3.05, 3.63) is 57.0 Å². The summed E-state index contributed by atoms with van der Waals surface area (Å²) >= 11 is 23.8. The normalized spacial score (nSPS) is 18.8. The molecule has 156 valence electrons. The van der Waals surface area contributed by atoms with Gasteiger partial charge in [-0.05, 0) is 43.0 Å². The molecule has 2 aliphatic heterocycles. The summed E-state index contributed by atoms with van der Waals surface area (Å²) in [7, 11) is 0. The van der Waals surface area contributed by atoms with Gasteiger partial charge in [0.15, 0.2) is 0 Å². The molecule has 0 aromatic heterocycles. The van der Waals surface area contributed by atoms with Crippen molar-refractivity contribution in [1.29, 1.82) is 0 Å². The number of carbonyl (C=O) groups is 2. The largest absolute Gasteiger partial charge is 0.342 e. The highest BCUT2D eigenvalue weighted by atomic mass is 35.5. The second-order valence-corrected chi connectivity index (χ2v) is 9.50. The van der Waals surface area contributed by atoms with Gasteiger partial charge in [0, 0.05) is 31.6 Å². The third kappa shape index (κ3) is 5.11. The van der Waals surface area contributed by atoms with E-state index in [0.29, 0.717) is 29.6 Å². The Kier molecular flexibility index (Phi) is 7.21. The highest BCUT2D eigenvalue weighted by Crippen LogP contribution is 2.41. The lowest BCUT2D eigenvalue weighted by Gasteiger charge is -2.54. The van der Waals surface area contributed by atoms with Crippen molar-refractivity contribution in [3.63, 3.8) is 0 Å². The molecular formula is C21H22Cl4N2O2. The van der Waals surface area contributed by atoms with Crippen LogP contribution in [-0.2, 0) is 9.59 Å². The van der Waals surface area contributed by atoms with E-state index in [4.69, 9.17) is 46.4 Å². The van der Waals surface area contributed by atoms with Crippen molar-refractivity contribution in [2.45, 2.75) is 25.2 Å². The van der Waals surface area contributed by atoms with Gasteiger partial charge in [-0.1, -0.05) is 65.1 Å². The molecule has 0 bridgehead atoms. The monoisotopic (exact) mass is 474 g/mol. The number of benzene rings is 1. The molecule has 0 saturated carbocycles.